The highest BCUT2D eigenvalue weighted by Crippen LogP contribution is 2.23. The van der Waals surface area contributed by atoms with Crippen LogP contribution in [0.25, 0.3) is 0 Å². The van der Waals surface area contributed by atoms with Gasteiger partial charge >= 0.3 is 0 Å². The molecule has 4 nitrogen and oxygen atoms in total. The lowest BCUT2D eigenvalue weighted by molar-refractivity contribution is -0.128. The van der Waals surface area contributed by atoms with Crippen molar-refractivity contribution in [2.75, 3.05) is 11.9 Å². The summed E-state index contributed by atoms with van der Waals surface area (Å²) in [6, 6.07) is 15.1. The molecule has 1 N–H and O–H groups in total. The summed E-state index contributed by atoms with van der Waals surface area (Å²) in [7, 11) is 0. The Morgan fingerprint density at radius 1 is 1.29 bits per heavy atom. The van der Waals surface area contributed by atoms with Gasteiger partial charge in [0.15, 0.2) is 0 Å². The topological polar surface area (TPSA) is 56.1 Å². The number of carbonyl (C=O) groups excluding carboxylic acids is 1. The molecule has 0 bridgehead atoms. The number of hydrogen-bond donors (Lipinski definition) is 1. The molecule has 0 spiro atoms. The van der Waals surface area contributed by atoms with Crippen molar-refractivity contribution in [1.29, 1.82) is 5.26 Å². The Morgan fingerprint density at radius 2 is 2.04 bits per heavy atom. The summed E-state index contributed by atoms with van der Waals surface area (Å²) in [6.07, 6.45) is 0.752. The number of anilines is 1. The molecule has 0 saturated carbocycles. The van der Waals surface area contributed by atoms with Crippen LogP contribution in [0.15, 0.2) is 42.5 Å². The molecule has 1 amide bonds. The maximum absolute atomic E-state index is 12.6. The standard InChI is InChI=1S/C19H18ClN3O/c1-13-2-4-14(5-3-13)12-23-9-8-18(19(23)24)22-16-7-6-15(11-21)17(20)10-16/h2-7,10,18,22H,8-9,12H2,1H3. The summed E-state index contributed by atoms with van der Waals surface area (Å²) in [5.41, 5.74) is 3.54. The van der Waals surface area contributed by atoms with Crippen molar-refractivity contribution in [2.24, 2.45) is 0 Å². The van der Waals surface area contributed by atoms with Crippen LogP contribution in [0.3, 0.4) is 0 Å². The van der Waals surface area contributed by atoms with E-state index in [0.29, 0.717) is 17.1 Å². The second kappa shape index (κ2) is 6.94. The zero-order chi connectivity index (χ0) is 17.1. The van der Waals surface area contributed by atoms with E-state index >= 15 is 0 Å². The van der Waals surface area contributed by atoms with Crippen LogP contribution >= 0.6 is 11.6 Å². The summed E-state index contributed by atoms with van der Waals surface area (Å²) < 4.78 is 0. The minimum absolute atomic E-state index is 0.0936. The first-order valence-electron chi connectivity index (χ1n) is 7.87. The van der Waals surface area contributed by atoms with Gasteiger partial charge in [-0.15, -0.1) is 0 Å². The molecule has 1 aliphatic heterocycles. The van der Waals surface area contributed by atoms with Crippen molar-refractivity contribution in [3.8, 4) is 6.07 Å². The smallest absolute Gasteiger partial charge is 0.245 e. The van der Waals surface area contributed by atoms with Gasteiger partial charge in [0.25, 0.3) is 0 Å². The third-order valence-electron chi connectivity index (χ3n) is 4.22. The number of rotatable bonds is 4. The molecule has 5 heteroatoms. The summed E-state index contributed by atoms with van der Waals surface area (Å²) in [5, 5.41) is 12.5. The summed E-state index contributed by atoms with van der Waals surface area (Å²) >= 11 is 6.04. The monoisotopic (exact) mass is 339 g/mol. The lowest BCUT2D eigenvalue weighted by Gasteiger charge is -2.18. The summed E-state index contributed by atoms with van der Waals surface area (Å²) in [5.74, 6) is 0.0936. The van der Waals surface area contributed by atoms with Crippen LogP contribution in [-0.4, -0.2) is 23.4 Å². The number of nitriles is 1. The van der Waals surface area contributed by atoms with Crippen LogP contribution in [0.2, 0.25) is 5.02 Å². The maximum Gasteiger partial charge on any atom is 0.245 e. The number of carbonyl (C=O) groups is 1. The maximum atomic E-state index is 12.6. The third-order valence-corrected chi connectivity index (χ3v) is 4.53. The zero-order valence-corrected chi connectivity index (χ0v) is 14.2. The molecular formula is C19H18ClN3O. The highest BCUT2D eigenvalue weighted by Gasteiger charge is 2.31. The van der Waals surface area contributed by atoms with Crippen LogP contribution in [0, 0.1) is 18.3 Å². The number of amides is 1. The van der Waals surface area contributed by atoms with E-state index < -0.39 is 0 Å². The molecule has 2 aromatic rings. The van der Waals surface area contributed by atoms with Crippen LogP contribution in [0.4, 0.5) is 5.69 Å². The molecule has 122 valence electrons. The lowest BCUT2D eigenvalue weighted by atomic mass is 10.1. The number of aryl methyl sites for hydroxylation is 1. The van der Waals surface area contributed by atoms with E-state index in [-0.39, 0.29) is 11.9 Å². The van der Waals surface area contributed by atoms with Crippen LogP contribution < -0.4 is 5.32 Å². The van der Waals surface area contributed by atoms with Gasteiger partial charge in [0.05, 0.1) is 10.6 Å². The van der Waals surface area contributed by atoms with Gasteiger partial charge in [0, 0.05) is 18.8 Å². The Hall–Kier alpha value is -2.51. The molecule has 1 heterocycles. The van der Waals surface area contributed by atoms with Gasteiger partial charge in [0.1, 0.15) is 12.1 Å². The van der Waals surface area contributed by atoms with Crippen LogP contribution in [0.1, 0.15) is 23.1 Å². The lowest BCUT2D eigenvalue weighted by Crippen LogP contribution is -2.33. The number of halogens is 1. The second-order valence-corrected chi connectivity index (χ2v) is 6.44. The fourth-order valence-corrected chi connectivity index (χ4v) is 3.06. The molecule has 1 fully saturated rings. The molecule has 0 aliphatic carbocycles. The Kier molecular flexibility index (Phi) is 4.73. The number of benzene rings is 2. The molecule has 0 aromatic heterocycles. The van der Waals surface area contributed by atoms with Crippen molar-refractivity contribution in [3.05, 3.63) is 64.2 Å². The van der Waals surface area contributed by atoms with E-state index in [0.717, 1.165) is 24.2 Å². The Morgan fingerprint density at radius 3 is 2.71 bits per heavy atom. The van der Waals surface area contributed by atoms with Gasteiger partial charge in [-0.2, -0.15) is 5.26 Å². The Labute approximate surface area is 146 Å². The molecule has 24 heavy (non-hydrogen) atoms. The molecule has 0 radical (unpaired) electrons. The molecule has 1 saturated heterocycles. The van der Waals surface area contributed by atoms with Gasteiger partial charge < -0.3 is 10.2 Å². The third kappa shape index (κ3) is 3.52. The first-order chi connectivity index (χ1) is 11.6. The molecule has 1 aliphatic rings. The average molecular weight is 340 g/mol. The largest absolute Gasteiger partial charge is 0.374 e. The van der Waals surface area contributed by atoms with Gasteiger partial charge in [-0.25, -0.2) is 0 Å². The Balaban J connectivity index is 1.65. The number of nitrogens with one attached hydrogen (secondary N) is 1. The first kappa shape index (κ1) is 16.4. The molecular weight excluding hydrogens is 322 g/mol. The molecule has 3 rings (SSSR count). The molecule has 1 unspecified atom stereocenters. The van der Waals surface area contributed by atoms with Crippen LogP contribution in [-0.2, 0) is 11.3 Å². The number of likely N-dealkylation sites (tertiary alicyclic amines) is 1. The van der Waals surface area contributed by atoms with Gasteiger partial charge in [0.2, 0.25) is 5.91 Å². The first-order valence-corrected chi connectivity index (χ1v) is 8.25. The fraction of sp³-hybridized carbons (Fsp3) is 0.263. The van der Waals surface area contributed by atoms with E-state index in [4.69, 9.17) is 16.9 Å². The quantitative estimate of drug-likeness (QED) is 0.923. The molecule has 2 aromatic carbocycles. The summed E-state index contributed by atoms with van der Waals surface area (Å²) in [4.78, 5) is 14.4. The van der Waals surface area contributed by atoms with E-state index in [2.05, 4.69) is 29.6 Å². The SMILES string of the molecule is Cc1ccc(CN2CCC(Nc3ccc(C#N)c(Cl)c3)C2=O)cc1. The van der Waals surface area contributed by atoms with E-state index in [1.54, 1.807) is 18.2 Å². The summed E-state index contributed by atoms with van der Waals surface area (Å²) in [6.45, 7) is 3.41. The zero-order valence-electron chi connectivity index (χ0n) is 13.4. The second-order valence-electron chi connectivity index (χ2n) is 6.04. The highest BCUT2D eigenvalue weighted by molar-refractivity contribution is 6.32. The van der Waals surface area contributed by atoms with E-state index in [9.17, 15) is 4.79 Å². The van der Waals surface area contributed by atoms with Crippen LogP contribution in [0.5, 0.6) is 0 Å². The average Bonchev–Trinajstić information content (AvgIpc) is 2.90. The highest BCUT2D eigenvalue weighted by atomic mass is 35.5. The van der Waals surface area contributed by atoms with Crippen molar-refractivity contribution in [2.45, 2.75) is 25.9 Å². The van der Waals surface area contributed by atoms with Gasteiger partial charge in [-0.05, 0) is 37.1 Å². The van der Waals surface area contributed by atoms with E-state index in [1.807, 2.05) is 17.9 Å². The number of nitrogens with zero attached hydrogens (tertiary/aromatic N) is 2. The predicted molar refractivity (Wildman–Crippen MR) is 94.8 cm³/mol. The van der Waals surface area contributed by atoms with Crippen molar-refractivity contribution < 1.29 is 4.79 Å². The molecule has 1 atom stereocenters. The van der Waals surface area contributed by atoms with Gasteiger partial charge in [-0.1, -0.05) is 41.4 Å². The Bertz CT molecular complexity index is 795. The fourth-order valence-electron chi connectivity index (χ4n) is 2.84. The number of hydrogen-bond acceptors (Lipinski definition) is 3. The van der Waals surface area contributed by atoms with Crippen molar-refractivity contribution in [3.63, 3.8) is 0 Å². The minimum atomic E-state index is -0.251. The van der Waals surface area contributed by atoms with Crippen molar-refractivity contribution in [1.82, 2.24) is 4.90 Å². The predicted octanol–water partition coefficient (Wildman–Crippen LogP) is 3.73. The normalized spacial score (nSPS) is 17.0. The van der Waals surface area contributed by atoms with Crippen molar-refractivity contribution >= 4 is 23.2 Å². The minimum Gasteiger partial charge on any atom is -0.374 e. The van der Waals surface area contributed by atoms with Gasteiger partial charge in [-0.3, -0.25) is 4.79 Å². The van der Waals surface area contributed by atoms with E-state index in [1.165, 1.54) is 5.56 Å².